The normalized spacial score (nSPS) is 11.3. The van der Waals surface area contributed by atoms with Gasteiger partial charge in [-0.3, -0.25) is 0 Å². The van der Waals surface area contributed by atoms with Crippen LogP contribution in [0.4, 0.5) is 0 Å². The van der Waals surface area contributed by atoms with E-state index in [0.29, 0.717) is 0 Å². The molecule has 3 aromatic rings. The molecule has 2 aromatic carbocycles. The zero-order chi connectivity index (χ0) is 15.0. The van der Waals surface area contributed by atoms with Crippen LogP contribution in [0.25, 0.3) is 21.8 Å². The Kier molecular flexibility index (Phi) is 6.81. The Morgan fingerprint density at radius 1 is 1.00 bits per heavy atom. The number of aromatic nitrogens is 2. The molecule has 0 saturated heterocycles. The van der Waals surface area contributed by atoms with Crippen molar-refractivity contribution >= 4 is 21.8 Å². The second-order valence-corrected chi connectivity index (χ2v) is 6.98. The third kappa shape index (κ3) is 4.55. The highest BCUT2D eigenvalue weighted by molar-refractivity contribution is 5.93. The predicted octanol–water partition coefficient (Wildman–Crippen LogP) is -3.28. The standard InChI is InChI=1S/C18H25N3.2BrH/c1-19-14-20(10-7-11-21(2,3)4)18-13-16-9-6-5-8-15(16)12-17(18)19;;/h5-6,8-9,12-14H,7,10-11H2,1-4H3;2*1H/q+2;;/p-2. The average Bonchev–Trinajstić information content (AvgIpc) is 2.72. The molecule has 0 bridgehead atoms. The van der Waals surface area contributed by atoms with Crippen molar-refractivity contribution in [1.29, 1.82) is 0 Å². The van der Waals surface area contributed by atoms with Crippen molar-refractivity contribution < 1.29 is 43.0 Å². The first kappa shape index (κ1) is 20.1. The molecule has 0 unspecified atom stereocenters. The van der Waals surface area contributed by atoms with Gasteiger partial charge in [-0.1, -0.05) is 24.3 Å². The summed E-state index contributed by atoms with van der Waals surface area (Å²) < 4.78 is 5.64. The molecule has 0 atom stereocenters. The molecular formula is C18H25Br2N3. The number of fused-ring (bicyclic) bond motifs is 2. The maximum Gasteiger partial charge on any atom is 0.244 e. The molecular weight excluding hydrogens is 418 g/mol. The first-order valence-corrected chi connectivity index (χ1v) is 7.62. The predicted molar refractivity (Wildman–Crippen MR) is 88.1 cm³/mol. The van der Waals surface area contributed by atoms with E-state index >= 15 is 0 Å². The smallest absolute Gasteiger partial charge is 0.244 e. The summed E-state index contributed by atoms with van der Waals surface area (Å²) in [4.78, 5) is 0. The molecule has 0 spiro atoms. The Hall–Kier alpha value is -0.910. The van der Waals surface area contributed by atoms with E-state index < -0.39 is 0 Å². The van der Waals surface area contributed by atoms with Gasteiger partial charge in [0.05, 0.1) is 41.3 Å². The van der Waals surface area contributed by atoms with Crippen LogP contribution in [0.3, 0.4) is 0 Å². The van der Waals surface area contributed by atoms with Crippen molar-refractivity contribution in [2.24, 2.45) is 7.05 Å². The molecule has 1 heterocycles. The largest absolute Gasteiger partial charge is 1.00 e. The third-order valence-corrected chi connectivity index (χ3v) is 4.07. The van der Waals surface area contributed by atoms with Gasteiger partial charge in [-0.05, 0) is 22.9 Å². The van der Waals surface area contributed by atoms with Gasteiger partial charge in [0.15, 0.2) is 11.0 Å². The zero-order valence-electron chi connectivity index (χ0n) is 14.3. The minimum absolute atomic E-state index is 0. The number of halogens is 2. The molecule has 0 aliphatic heterocycles. The van der Waals surface area contributed by atoms with E-state index in [9.17, 15) is 0 Å². The number of hydrogen-bond acceptors (Lipinski definition) is 0. The first-order chi connectivity index (χ1) is 9.94. The van der Waals surface area contributed by atoms with E-state index in [4.69, 9.17) is 0 Å². The first-order valence-electron chi connectivity index (χ1n) is 7.62. The van der Waals surface area contributed by atoms with E-state index in [1.165, 1.54) is 34.8 Å². The van der Waals surface area contributed by atoms with Gasteiger partial charge < -0.3 is 38.4 Å². The van der Waals surface area contributed by atoms with Crippen molar-refractivity contribution in [3.8, 4) is 0 Å². The number of benzene rings is 2. The monoisotopic (exact) mass is 441 g/mol. The van der Waals surface area contributed by atoms with Crippen LogP contribution in [0, 0.1) is 0 Å². The van der Waals surface area contributed by atoms with E-state index in [-0.39, 0.29) is 34.0 Å². The highest BCUT2D eigenvalue weighted by Gasteiger charge is 2.15. The quantitative estimate of drug-likeness (QED) is 0.296. The van der Waals surface area contributed by atoms with E-state index in [0.717, 1.165) is 11.0 Å². The lowest BCUT2D eigenvalue weighted by molar-refractivity contribution is -0.870. The van der Waals surface area contributed by atoms with Crippen LogP contribution >= 0.6 is 0 Å². The van der Waals surface area contributed by atoms with Crippen LogP contribution in [0.15, 0.2) is 42.7 Å². The SMILES string of the molecule is C[n+]1cn(CCC[N+](C)(C)C)c2cc3ccccc3cc21.[Br-].[Br-]. The summed E-state index contributed by atoms with van der Waals surface area (Å²) >= 11 is 0. The van der Waals surface area contributed by atoms with Crippen molar-refractivity contribution in [3.05, 3.63) is 42.7 Å². The molecule has 0 saturated carbocycles. The van der Waals surface area contributed by atoms with Gasteiger partial charge in [0, 0.05) is 6.42 Å². The summed E-state index contributed by atoms with van der Waals surface area (Å²) in [6.45, 7) is 2.27. The number of rotatable bonds is 4. The van der Waals surface area contributed by atoms with E-state index in [1.807, 2.05) is 0 Å². The lowest BCUT2D eigenvalue weighted by Gasteiger charge is -2.23. The van der Waals surface area contributed by atoms with Crippen molar-refractivity contribution in [2.45, 2.75) is 13.0 Å². The van der Waals surface area contributed by atoms with Gasteiger partial charge in [0.1, 0.15) is 0 Å². The molecule has 0 radical (unpaired) electrons. The fraction of sp³-hybridized carbons (Fsp3) is 0.389. The second-order valence-electron chi connectivity index (χ2n) is 6.98. The Morgan fingerprint density at radius 2 is 1.61 bits per heavy atom. The Labute approximate surface area is 159 Å². The van der Waals surface area contributed by atoms with Gasteiger partial charge in [-0.25, -0.2) is 9.13 Å². The molecule has 0 amide bonds. The Morgan fingerprint density at radius 3 is 2.22 bits per heavy atom. The molecule has 3 rings (SSSR count). The number of aryl methyl sites for hydroxylation is 2. The second kappa shape index (κ2) is 7.77. The van der Waals surface area contributed by atoms with Crippen molar-refractivity contribution in [2.75, 3.05) is 27.7 Å². The van der Waals surface area contributed by atoms with Crippen LogP contribution in [-0.2, 0) is 13.6 Å². The fourth-order valence-electron chi connectivity index (χ4n) is 2.96. The Bertz CT molecular complexity index is 788. The lowest BCUT2D eigenvalue weighted by atomic mass is 10.1. The zero-order valence-corrected chi connectivity index (χ0v) is 17.4. The van der Waals surface area contributed by atoms with Crippen LogP contribution in [0.5, 0.6) is 0 Å². The molecule has 23 heavy (non-hydrogen) atoms. The van der Waals surface area contributed by atoms with Crippen LogP contribution in [0.1, 0.15) is 6.42 Å². The molecule has 5 heteroatoms. The van der Waals surface area contributed by atoms with Crippen LogP contribution < -0.4 is 38.5 Å². The lowest BCUT2D eigenvalue weighted by Crippen LogP contribution is -3.00. The maximum absolute atomic E-state index is 2.39. The topological polar surface area (TPSA) is 8.81 Å². The molecule has 0 N–H and O–H groups in total. The summed E-state index contributed by atoms with van der Waals surface area (Å²) in [6, 6.07) is 13.2. The summed E-state index contributed by atoms with van der Waals surface area (Å²) in [5, 5.41) is 2.63. The molecule has 0 aliphatic rings. The minimum atomic E-state index is 0. The fourth-order valence-corrected chi connectivity index (χ4v) is 2.96. The average molecular weight is 443 g/mol. The van der Waals surface area contributed by atoms with Crippen molar-refractivity contribution in [3.63, 3.8) is 0 Å². The van der Waals surface area contributed by atoms with E-state index in [1.54, 1.807) is 0 Å². The third-order valence-electron chi connectivity index (χ3n) is 4.07. The van der Waals surface area contributed by atoms with Crippen LogP contribution in [-0.4, -0.2) is 36.7 Å². The maximum atomic E-state index is 2.39. The highest BCUT2D eigenvalue weighted by atomic mass is 79.9. The summed E-state index contributed by atoms with van der Waals surface area (Å²) in [6.07, 6.45) is 3.42. The molecule has 0 fully saturated rings. The van der Waals surface area contributed by atoms with Gasteiger partial charge in [-0.2, -0.15) is 0 Å². The molecule has 1 aromatic heterocycles. The summed E-state index contributed by atoms with van der Waals surface area (Å²) in [5.74, 6) is 0. The number of hydrogen-bond donors (Lipinski definition) is 0. The molecule has 3 nitrogen and oxygen atoms in total. The van der Waals surface area contributed by atoms with Gasteiger partial charge in [0.25, 0.3) is 0 Å². The van der Waals surface area contributed by atoms with Gasteiger partial charge in [-0.15, -0.1) is 0 Å². The van der Waals surface area contributed by atoms with Gasteiger partial charge >= 0.3 is 0 Å². The van der Waals surface area contributed by atoms with Crippen molar-refractivity contribution in [1.82, 2.24) is 4.57 Å². The molecule has 126 valence electrons. The number of quaternary nitrogens is 1. The number of imidazole rings is 1. The minimum Gasteiger partial charge on any atom is -1.00 e. The number of nitrogens with zero attached hydrogens (tertiary/aromatic N) is 3. The van der Waals surface area contributed by atoms with Crippen LogP contribution in [0.2, 0.25) is 0 Å². The summed E-state index contributed by atoms with van der Waals surface area (Å²) in [7, 11) is 8.89. The Balaban J connectivity index is 0.00000132. The highest BCUT2D eigenvalue weighted by Crippen LogP contribution is 2.21. The van der Waals surface area contributed by atoms with E-state index in [2.05, 4.69) is 80.1 Å². The van der Waals surface area contributed by atoms with Gasteiger partial charge in [0.2, 0.25) is 6.33 Å². The summed E-state index contributed by atoms with van der Waals surface area (Å²) in [5.41, 5.74) is 2.64. The molecule has 0 aliphatic carbocycles.